The fourth-order valence-corrected chi connectivity index (χ4v) is 3.44. The third kappa shape index (κ3) is 3.51. The molecule has 0 aliphatic carbocycles. The lowest BCUT2D eigenvalue weighted by atomic mass is 9.94. The maximum atomic E-state index is 12.8. The van der Waals surface area contributed by atoms with Gasteiger partial charge in [0, 0.05) is 33.2 Å². The number of rotatable bonds is 5. The van der Waals surface area contributed by atoms with Gasteiger partial charge in [0.25, 0.3) is 0 Å². The Hall–Kier alpha value is -2.58. The van der Waals surface area contributed by atoms with Crippen molar-refractivity contribution in [1.29, 1.82) is 0 Å². The molecule has 9 nitrogen and oxygen atoms in total. The van der Waals surface area contributed by atoms with Crippen molar-refractivity contribution >= 4 is 17.8 Å². The van der Waals surface area contributed by atoms with Crippen molar-refractivity contribution in [2.45, 2.75) is 18.9 Å². The van der Waals surface area contributed by atoms with E-state index in [1.165, 1.54) is 19.1 Å². The lowest BCUT2D eigenvalue weighted by Crippen LogP contribution is -2.51. The number of fused-ring (bicyclic) bond motifs is 4. The summed E-state index contributed by atoms with van der Waals surface area (Å²) in [5.41, 5.74) is 0. The van der Waals surface area contributed by atoms with Crippen LogP contribution < -0.4 is 14.4 Å². The number of aromatic nitrogens is 2. The minimum absolute atomic E-state index is 0.0359. The molecule has 2 atom stereocenters. The molecule has 0 radical (unpaired) electrons. The number of hydrogen-bond donors (Lipinski definition) is 0. The van der Waals surface area contributed by atoms with Gasteiger partial charge in [0.15, 0.2) is 0 Å². The Bertz CT molecular complexity index is 673. The number of amides is 2. The van der Waals surface area contributed by atoms with Crippen LogP contribution in [0.4, 0.5) is 5.95 Å². The molecule has 3 fully saturated rings. The first kappa shape index (κ1) is 18.2. The number of likely N-dealkylation sites (N-methyl/N-ethyl adjacent to an activating group) is 1. The Balaban J connectivity index is 1.85. The Labute approximate surface area is 152 Å². The van der Waals surface area contributed by atoms with Crippen LogP contribution in [0.3, 0.4) is 0 Å². The molecule has 142 valence electrons. The Kier molecular flexibility index (Phi) is 5.15. The van der Waals surface area contributed by atoms with Gasteiger partial charge in [-0.15, -0.1) is 0 Å². The van der Waals surface area contributed by atoms with Crippen molar-refractivity contribution < 1.29 is 19.1 Å². The number of methoxy groups -OCH3 is 2. The standard InChI is InChI=1S/C17H25N5O4/c1-20(2)15(23)10-22-12-6-5-11(16(22)24)8-21(9-12)17-18-13(25-3)7-14(19-17)26-4/h7,11-12H,5-6,8-10H2,1-4H3/t11-,12+/m0/s1. The second kappa shape index (κ2) is 7.35. The summed E-state index contributed by atoms with van der Waals surface area (Å²) in [5.74, 6) is 1.10. The zero-order valence-corrected chi connectivity index (χ0v) is 15.6. The van der Waals surface area contributed by atoms with E-state index in [2.05, 4.69) is 9.97 Å². The maximum Gasteiger partial charge on any atom is 0.241 e. The Morgan fingerprint density at radius 3 is 2.42 bits per heavy atom. The first-order valence-corrected chi connectivity index (χ1v) is 8.65. The largest absolute Gasteiger partial charge is 0.481 e. The van der Waals surface area contributed by atoms with Crippen LogP contribution in [0.5, 0.6) is 11.8 Å². The molecule has 2 amide bonds. The van der Waals surface area contributed by atoms with Crippen molar-refractivity contribution in [2.75, 3.05) is 52.8 Å². The lowest BCUT2D eigenvalue weighted by molar-refractivity contribution is -0.145. The molecule has 2 bridgehead atoms. The summed E-state index contributed by atoms with van der Waals surface area (Å²) in [7, 11) is 6.47. The molecule has 3 aliphatic heterocycles. The van der Waals surface area contributed by atoms with Crippen LogP contribution in [0.1, 0.15) is 12.8 Å². The molecule has 9 heteroatoms. The molecule has 0 N–H and O–H groups in total. The predicted molar refractivity (Wildman–Crippen MR) is 94.3 cm³/mol. The predicted octanol–water partition coefficient (Wildman–Crippen LogP) is 0.00920. The molecule has 26 heavy (non-hydrogen) atoms. The fourth-order valence-electron chi connectivity index (χ4n) is 3.44. The topological polar surface area (TPSA) is 88.1 Å². The summed E-state index contributed by atoms with van der Waals surface area (Å²) in [6.45, 7) is 1.22. The van der Waals surface area contributed by atoms with E-state index in [1.807, 2.05) is 4.90 Å². The van der Waals surface area contributed by atoms with E-state index in [0.717, 1.165) is 12.8 Å². The number of carbonyl (C=O) groups excluding carboxylic acids is 2. The molecule has 0 unspecified atom stereocenters. The average molecular weight is 363 g/mol. The third-order valence-corrected chi connectivity index (χ3v) is 4.97. The van der Waals surface area contributed by atoms with Crippen molar-refractivity contribution in [2.24, 2.45) is 5.92 Å². The summed E-state index contributed by atoms with van der Waals surface area (Å²) in [5, 5.41) is 0. The van der Waals surface area contributed by atoms with Crippen molar-refractivity contribution in [3.63, 3.8) is 0 Å². The van der Waals surface area contributed by atoms with Gasteiger partial charge in [0.1, 0.15) is 6.54 Å². The van der Waals surface area contributed by atoms with Gasteiger partial charge in [0.2, 0.25) is 29.5 Å². The van der Waals surface area contributed by atoms with E-state index in [-0.39, 0.29) is 30.3 Å². The minimum Gasteiger partial charge on any atom is -0.481 e. The smallest absolute Gasteiger partial charge is 0.241 e. The van der Waals surface area contributed by atoms with Crippen LogP contribution in [0, 0.1) is 5.92 Å². The quantitative estimate of drug-likeness (QED) is 0.728. The van der Waals surface area contributed by atoms with Crippen molar-refractivity contribution in [3.8, 4) is 11.8 Å². The SMILES string of the molecule is COc1cc(OC)nc(N2C[C@@H]3CC[C@H](C2)N(CC(=O)N(C)C)C3=O)n1. The molecular formula is C17H25N5O4. The van der Waals surface area contributed by atoms with Gasteiger partial charge >= 0.3 is 0 Å². The number of anilines is 1. The maximum absolute atomic E-state index is 12.8. The van der Waals surface area contributed by atoms with Crippen molar-refractivity contribution in [1.82, 2.24) is 19.8 Å². The van der Waals surface area contributed by atoms with Crippen LogP contribution in [0.15, 0.2) is 6.07 Å². The molecule has 1 aromatic heterocycles. The first-order valence-electron chi connectivity index (χ1n) is 8.65. The van der Waals surface area contributed by atoms with E-state index in [0.29, 0.717) is 30.8 Å². The molecule has 0 spiro atoms. The molecule has 1 aromatic rings. The van der Waals surface area contributed by atoms with Gasteiger partial charge in [-0.1, -0.05) is 0 Å². The third-order valence-electron chi connectivity index (χ3n) is 4.97. The van der Waals surface area contributed by atoms with Gasteiger partial charge in [-0.05, 0) is 12.8 Å². The summed E-state index contributed by atoms with van der Waals surface area (Å²) in [6.07, 6.45) is 1.68. The van der Waals surface area contributed by atoms with Crippen LogP contribution in [0.2, 0.25) is 0 Å². The van der Waals surface area contributed by atoms with E-state index >= 15 is 0 Å². The van der Waals surface area contributed by atoms with Crippen LogP contribution in [-0.4, -0.2) is 85.6 Å². The Morgan fingerprint density at radius 1 is 1.19 bits per heavy atom. The summed E-state index contributed by atoms with van der Waals surface area (Å²) in [6, 6.07) is 1.58. The van der Waals surface area contributed by atoms with Crippen LogP contribution in [0.25, 0.3) is 0 Å². The lowest BCUT2D eigenvalue weighted by Gasteiger charge is -2.35. The van der Waals surface area contributed by atoms with E-state index in [1.54, 1.807) is 25.1 Å². The van der Waals surface area contributed by atoms with Gasteiger partial charge < -0.3 is 24.2 Å². The van der Waals surface area contributed by atoms with Crippen molar-refractivity contribution in [3.05, 3.63) is 6.07 Å². The van der Waals surface area contributed by atoms with Gasteiger partial charge in [0.05, 0.1) is 26.2 Å². The second-order valence-corrected chi connectivity index (χ2v) is 6.84. The summed E-state index contributed by atoms with van der Waals surface area (Å²) >= 11 is 0. The highest BCUT2D eigenvalue weighted by molar-refractivity contribution is 5.87. The highest BCUT2D eigenvalue weighted by Gasteiger charge is 2.42. The highest BCUT2D eigenvalue weighted by Crippen LogP contribution is 2.31. The zero-order chi connectivity index (χ0) is 18.8. The van der Waals surface area contributed by atoms with E-state index in [4.69, 9.17) is 9.47 Å². The summed E-state index contributed by atoms with van der Waals surface area (Å²) in [4.78, 5) is 39.0. The fraction of sp³-hybridized carbons (Fsp3) is 0.647. The number of ether oxygens (including phenoxy) is 2. The Morgan fingerprint density at radius 2 is 1.85 bits per heavy atom. The van der Waals surface area contributed by atoms with Gasteiger partial charge in [-0.2, -0.15) is 9.97 Å². The van der Waals surface area contributed by atoms with Gasteiger partial charge in [-0.3, -0.25) is 9.59 Å². The molecule has 3 saturated heterocycles. The number of carbonyl (C=O) groups is 2. The monoisotopic (exact) mass is 363 g/mol. The summed E-state index contributed by atoms with van der Waals surface area (Å²) < 4.78 is 10.4. The van der Waals surface area contributed by atoms with E-state index < -0.39 is 0 Å². The second-order valence-electron chi connectivity index (χ2n) is 6.84. The normalized spacial score (nSPS) is 22.2. The first-order chi connectivity index (χ1) is 12.4. The molecule has 4 heterocycles. The number of hydrogen-bond acceptors (Lipinski definition) is 7. The van der Waals surface area contributed by atoms with E-state index in [9.17, 15) is 9.59 Å². The molecular weight excluding hydrogens is 338 g/mol. The molecule has 0 aromatic carbocycles. The van der Waals surface area contributed by atoms with Gasteiger partial charge in [-0.25, -0.2) is 0 Å². The molecule has 3 aliphatic rings. The highest BCUT2D eigenvalue weighted by atomic mass is 16.5. The number of nitrogens with zero attached hydrogens (tertiary/aromatic N) is 5. The van der Waals surface area contributed by atoms with Crippen LogP contribution >= 0.6 is 0 Å². The number of piperidine rings is 1. The van der Waals surface area contributed by atoms with Crippen LogP contribution in [-0.2, 0) is 9.59 Å². The average Bonchev–Trinajstić information content (AvgIpc) is 2.93. The molecule has 0 saturated carbocycles. The zero-order valence-electron chi connectivity index (χ0n) is 15.6. The molecule has 4 rings (SSSR count). The minimum atomic E-state index is -0.162.